The van der Waals surface area contributed by atoms with E-state index in [2.05, 4.69) is 18.1 Å². The number of fused-ring (bicyclic) bond motifs is 5. The maximum Gasteiger partial charge on any atom is 0.160 e. The van der Waals surface area contributed by atoms with Crippen molar-refractivity contribution in [3.05, 3.63) is 53.1 Å². The van der Waals surface area contributed by atoms with E-state index in [4.69, 9.17) is 14.3 Å². The molecular weight excluding hydrogens is 402 g/mol. The fourth-order valence-corrected chi connectivity index (χ4v) is 6.60. The van der Waals surface area contributed by atoms with E-state index in [1.165, 1.54) is 29.7 Å². The molecule has 170 valence electrons. The van der Waals surface area contributed by atoms with E-state index in [9.17, 15) is 5.11 Å². The molecule has 0 spiro atoms. The predicted molar refractivity (Wildman–Crippen MR) is 124 cm³/mol. The van der Waals surface area contributed by atoms with Gasteiger partial charge in [-0.15, -0.1) is 0 Å². The Labute approximate surface area is 190 Å². The van der Waals surface area contributed by atoms with Crippen LogP contribution in [0.5, 0.6) is 17.2 Å². The molecule has 0 bridgehead atoms. The summed E-state index contributed by atoms with van der Waals surface area (Å²) in [5, 5.41) is 14.9. The van der Waals surface area contributed by atoms with Crippen LogP contribution in [-0.2, 0) is 17.9 Å². The second kappa shape index (κ2) is 8.34. The van der Waals surface area contributed by atoms with Crippen molar-refractivity contribution < 1.29 is 19.4 Å². The highest BCUT2D eigenvalue weighted by Gasteiger charge is 2.53. The maximum atomic E-state index is 10.2. The van der Waals surface area contributed by atoms with E-state index in [1.54, 1.807) is 14.2 Å². The van der Waals surface area contributed by atoms with Crippen molar-refractivity contribution in [1.82, 2.24) is 0 Å². The SMILES string of the molecule is COc1ccc(CO/N=C2\CC[C@H]3[C@@H]4CCc5cc(O)c(OC)cc5[C@H]4CC[C@]23C)cc1. The molecule has 2 fully saturated rings. The van der Waals surface area contributed by atoms with Crippen LogP contribution in [0.2, 0.25) is 0 Å². The van der Waals surface area contributed by atoms with Crippen molar-refractivity contribution in [2.24, 2.45) is 22.4 Å². The van der Waals surface area contributed by atoms with Gasteiger partial charge in [0, 0.05) is 5.41 Å². The van der Waals surface area contributed by atoms with Crippen LogP contribution in [0.1, 0.15) is 61.6 Å². The lowest BCUT2D eigenvalue weighted by Gasteiger charge is -2.49. The minimum absolute atomic E-state index is 0.125. The molecule has 2 aromatic rings. The predicted octanol–water partition coefficient (Wildman–Crippen LogP) is 5.84. The number of rotatable bonds is 5. The molecule has 5 rings (SSSR count). The number of ether oxygens (including phenoxy) is 2. The van der Waals surface area contributed by atoms with Crippen LogP contribution >= 0.6 is 0 Å². The largest absolute Gasteiger partial charge is 0.504 e. The molecule has 3 aliphatic rings. The third-order valence-corrected chi connectivity index (χ3v) is 8.33. The highest BCUT2D eigenvalue weighted by molar-refractivity contribution is 5.92. The zero-order valence-corrected chi connectivity index (χ0v) is 19.3. The summed E-state index contributed by atoms with van der Waals surface area (Å²) >= 11 is 0. The molecule has 0 heterocycles. The number of phenolic OH excluding ortho intramolecular Hbond substituents is 1. The van der Waals surface area contributed by atoms with Crippen molar-refractivity contribution in [2.75, 3.05) is 14.2 Å². The summed E-state index contributed by atoms with van der Waals surface area (Å²) in [5.74, 6) is 3.55. The number of methoxy groups -OCH3 is 2. The van der Waals surface area contributed by atoms with Crippen molar-refractivity contribution in [1.29, 1.82) is 0 Å². The van der Waals surface area contributed by atoms with Crippen LogP contribution in [0.3, 0.4) is 0 Å². The Morgan fingerprint density at radius 3 is 2.59 bits per heavy atom. The molecule has 2 saturated carbocycles. The number of phenols is 1. The van der Waals surface area contributed by atoms with Crippen molar-refractivity contribution in [3.63, 3.8) is 0 Å². The lowest BCUT2D eigenvalue weighted by Crippen LogP contribution is -2.42. The van der Waals surface area contributed by atoms with Gasteiger partial charge in [-0.25, -0.2) is 0 Å². The molecule has 0 radical (unpaired) electrons. The second-order valence-electron chi connectivity index (χ2n) is 9.79. The number of hydrogen-bond acceptors (Lipinski definition) is 5. The monoisotopic (exact) mass is 435 g/mol. The molecule has 32 heavy (non-hydrogen) atoms. The minimum atomic E-state index is 0.125. The van der Waals surface area contributed by atoms with Crippen LogP contribution in [0, 0.1) is 17.3 Å². The summed E-state index contributed by atoms with van der Waals surface area (Å²) in [6.07, 6.45) is 6.71. The first-order valence-electron chi connectivity index (χ1n) is 11.8. The smallest absolute Gasteiger partial charge is 0.160 e. The zero-order valence-electron chi connectivity index (χ0n) is 19.3. The number of aromatic hydroxyl groups is 1. The summed E-state index contributed by atoms with van der Waals surface area (Å²) in [6.45, 7) is 2.89. The van der Waals surface area contributed by atoms with Crippen molar-refractivity contribution in [2.45, 2.75) is 58.0 Å². The van der Waals surface area contributed by atoms with E-state index >= 15 is 0 Å². The first-order chi connectivity index (χ1) is 15.5. The molecule has 0 aromatic heterocycles. The first kappa shape index (κ1) is 21.2. The number of nitrogens with zero attached hydrogens (tertiary/aromatic N) is 1. The fraction of sp³-hybridized carbons (Fsp3) is 0.519. The normalized spacial score (nSPS) is 29.7. The Hall–Kier alpha value is -2.69. The third kappa shape index (κ3) is 3.52. The van der Waals surface area contributed by atoms with Crippen LogP contribution in [0.15, 0.2) is 41.6 Å². The Kier molecular flexibility index (Phi) is 5.52. The summed E-state index contributed by atoms with van der Waals surface area (Å²) < 4.78 is 10.6. The molecular formula is C27H33NO4. The summed E-state index contributed by atoms with van der Waals surface area (Å²) in [5.41, 5.74) is 5.14. The van der Waals surface area contributed by atoms with Crippen LogP contribution < -0.4 is 9.47 Å². The quantitative estimate of drug-likeness (QED) is 0.600. The topological polar surface area (TPSA) is 60.3 Å². The molecule has 5 heteroatoms. The van der Waals surface area contributed by atoms with Crippen molar-refractivity contribution >= 4 is 5.71 Å². The van der Waals surface area contributed by atoms with E-state index in [-0.39, 0.29) is 11.2 Å². The fourth-order valence-electron chi connectivity index (χ4n) is 6.60. The summed E-state index contributed by atoms with van der Waals surface area (Å²) in [4.78, 5) is 5.83. The van der Waals surface area contributed by atoms with Gasteiger partial charge in [-0.2, -0.15) is 0 Å². The van der Waals surface area contributed by atoms with E-state index in [1.807, 2.05) is 30.3 Å². The highest BCUT2D eigenvalue weighted by Crippen LogP contribution is 2.60. The number of benzene rings is 2. The number of oxime groups is 1. The number of hydrogen-bond donors (Lipinski definition) is 1. The maximum absolute atomic E-state index is 10.2. The molecule has 0 unspecified atom stereocenters. The third-order valence-electron chi connectivity index (χ3n) is 8.33. The standard InChI is InChI=1S/C27H33NO4/c1-27-13-12-20-21(9-6-18-14-24(29)25(31-3)15-22(18)20)23(27)10-11-26(27)28-32-16-17-4-7-19(30-2)8-5-17/h4-5,7-8,14-15,20-21,23,29H,6,9-13,16H2,1-3H3/b28-26+/t20-,21+,23-,27-/m0/s1. The molecule has 5 nitrogen and oxygen atoms in total. The van der Waals surface area contributed by atoms with E-state index in [0.717, 1.165) is 37.0 Å². The Morgan fingerprint density at radius 2 is 1.84 bits per heavy atom. The Balaban J connectivity index is 1.32. The lowest BCUT2D eigenvalue weighted by molar-refractivity contribution is 0.0868. The second-order valence-corrected chi connectivity index (χ2v) is 9.79. The average molecular weight is 436 g/mol. The lowest BCUT2D eigenvalue weighted by atomic mass is 9.55. The molecule has 1 N–H and O–H groups in total. The minimum Gasteiger partial charge on any atom is -0.504 e. The van der Waals surface area contributed by atoms with Gasteiger partial charge in [0.2, 0.25) is 0 Å². The molecule has 0 saturated heterocycles. The van der Waals surface area contributed by atoms with Crippen molar-refractivity contribution in [3.8, 4) is 17.2 Å². The number of aryl methyl sites for hydroxylation is 1. The highest BCUT2D eigenvalue weighted by atomic mass is 16.6. The van der Waals surface area contributed by atoms with Crippen LogP contribution in [-0.4, -0.2) is 25.0 Å². The molecule has 0 aliphatic heterocycles. The van der Waals surface area contributed by atoms with E-state index < -0.39 is 0 Å². The summed E-state index contributed by atoms with van der Waals surface area (Å²) in [7, 11) is 3.31. The Bertz CT molecular complexity index is 1020. The Morgan fingerprint density at radius 1 is 1.03 bits per heavy atom. The average Bonchev–Trinajstić information content (AvgIpc) is 3.15. The molecule has 0 amide bonds. The van der Waals surface area contributed by atoms with Gasteiger partial charge in [0.05, 0.1) is 19.9 Å². The zero-order chi connectivity index (χ0) is 22.3. The van der Waals surface area contributed by atoms with Gasteiger partial charge >= 0.3 is 0 Å². The van der Waals surface area contributed by atoms with Gasteiger partial charge in [-0.1, -0.05) is 24.2 Å². The molecule has 2 aromatic carbocycles. The van der Waals surface area contributed by atoms with E-state index in [0.29, 0.717) is 30.1 Å². The first-order valence-corrected chi connectivity index (χ1v) is 11.8. The molecule has 3 aliphatic carbocycles. The molecule has 4 atom stereocenters. The van der Waals surface area contributed by atoms with Gasteiger partial charge in [0.25, 0.3) is 0 Å². The summed E-state index contributed by atoms with van der Waals surface area (Å²) in [6, 6.07) is 12.0. The van der Waals surface area contributed by atoms with Gasteiger partial charge < -0.3 is 19.4 Å². The van der Waals surface area contributed by atoms with Crippen LogP contribution in [0.4, 0.5) is 0 Å². The van der Waals surface area contributed by atoms with Crippen LogP contribution in [0.25, 0.3) is 0 Å². The van der Waals surface area contributed by atoms with Gasteiger partial charge in [-0.05, 0) is 97.2 Å². The van der Waals surface area contributed by atoms with Gasteiger partial charge in [-0.3, -0.25) is 0 Å². The van der Waals surface area contributed by atoms with Gasteiger partial charge in [0.1, 0.15) is 12.4 Å². The van der Waals surface area contributed by atoms with Gasteiger partial charge in [0.15, 0.2) is 11.5 Å².